The molecule has 9 heteroatoms. The van der Waals surface area contributed by atoms with Crippen molar-refractivity contribution in [2.45, 2.75) is 19.4 Å². The molecule has 0 saturated carbocycles. The van der Waals surface area contributed by atoms with Gasteiger partial charge < -0.3 is 20.7 Å². The van der Waals surface area contributed by atoms with Crippen LogP contribution in [0.3, 0.4) is 0 Å². The number of pyridine rings is 1. The van der Waals surface area contributed by atoms with E-state index in [1.54, 1.807) is 13.8 Å². The third kappa shape index (κ3) is 3.28. The van der Waals surface area contributed by atoms with Crippen LogP contribution in [0.1, 0.15) is 19.4 Å². The first-order valence-corrected chi connectivity index (χ1v) is 10.00. The maximum absolute atomic E-state index is 15.3. The number of aromatic nitrogens is 2. The number of rotatable bonds is 3. The summed E-state index contributed by atoms with van der Waals surface area (Å²) >= 11 is 0. The van der Waals surface area contributed by atoms with E-state index in [-0.39, 0.29) is 47.7 Å². The number of nitrogens with one attached hydrogen (secondary N) is 1. The molecule has 1 amide bonds. The van der Waals surface area contributed by atoms with E-state index < -0.39 is 40.5 Å². The fraction of sp³-hybridized carbons (Fsp3) is 0.364. The summed E-state index contributed by atoms with van der Waals surface area (Å²) < 4.78 is 44.8. The van der Waals surface area contributed by atoms with Crippen LogP contribution >= 0.6 is 0 Å². The van der Waals surface area contributed by atoms with Gasteiger partial charge in [-0.25, -0.2) is 18.2 Å². The van der Waals surface area contributed by atoms with Crippen molar-refractivity contribution in [2.75, 3.05) is 19.6 Å². The second kappa shape index (κ2) is 7.65. The first kappa shape index (κ1) is 21.3. The average molecular weight is 432 g/mol. The van der Waals surface area contributed by atoms with Gasteiger partial charge in [-0.2, -0.15) is 0 Å². The highest BCUT2D eigenvalue weighted by Crippen LogP contribution is 2.44. The van der Waals surface area contributed by atoms with Gasteiger partial charge in [0, 0.05) is 37.3 Å². The van der Waals surface area contributed by atoms with Crippen LogP contribution in [0, 0.1) is 29.3 Å². The van der Waals surface area contributed by atoms with Gasteiger partial charge in [0.25, 0.3) is 0 Å². The fourth-order valence-electron chi connectivity index (χ4n) is 4.69. The minimum atomic E-state index is -1.83. The SMILES string of the molecule is C[C@@H]1CN(C(=O)CN)C[C@H](C)[C@@]1(O)c1c(F)cc(-c2ccnc3[nH]cc(F)c23)cc1F. The minimum Gasteiger partial charge on any atom is -0.384 e. The number of nitrogens with zero attached hydrogens (tertiary/aromatic N) is 2. The van der Waals surface area contributed by atoms with Crippen molar-refractivity contribution in [3.63, 3.8) is 0 Å². The maximum atomic E-state index is 15.3. The predicted octanol–water partition coefficient (Wildman–Crippen LogP) is 2.91. The number of aromatic amines is 1. The zero-order chi connectivity index (χ0) is 22.5. The molecule has 0 aliphatic carbocycles. The van der Waals surface area contributed by atoms with Gasteiger partial charge in [0.05, 0.1) is 17.5 Å². The lowest BCUT2D eigenvalue weighted by atomic mass is 9.70. The Kier molecular flexibility index (Phi) is 5.26. The molecule has 4 N–H and O–H groups in total. The highest BCUT2D eigenvalue weighted by atomic mass is 19.1. The van der Waals surface area contributed by atoms with E-state index in [4.69, 9.17) is 5.73 Å². The number of hydrogen-bond acceptors (Lipinski definition) is 4. The van der Waals surface area contributed by atoms with E-state index in [2.05, 4.69) is 9.97 Å². The monoisotopic (exact) mass is 432 g/mol. The highest BCUT2D eigenvalue weighted by molar-refractivity contribution is 5.93. The van der Waals surface area contributed by atoms with Crippen LogP contribution in [0.15, 0.2) is 30.6 Å². The number of benzene rings is 1. The summed E-state index contributed by atoms with van der Waals surface area (Å²) in [6, 6.07) is 3.66. The van der Waals surface area contributed by atoms with Crippen LogP contribution < -0.4 is 5.73 Å². The smallest absolute Gasteiger partial charge is 0.236 e. The normalized spacial score (nSPS) is 24.0. The first-order chi connectivity index (χ1) is 14.7. The Balaban J connectivity index is 1.79. The Morgan fingerprint density at radius 2 is 1.84 bits per heavy atom. The second-order valence-electron chi connectivity index (χ2n) is 8.16. The van der Waals surface area contributed by atoms with E-state index in [0.29, 0.717) is 0 Å². The van der Waals surface area contributed by atoms with Gasteiger partial charge in [-0.15, -0.1) is 0 Å². The number of nitrogens with two attached hydrogens (primary N) is 1. The molecular weight excluding hydrogens is 409 g/mol. The van der Waals surface area contributed by atoms with Gasteiger partial charge in [-0.05, 0) is 29.3 Å². The van der Waals surface area contributed by atoms with Gasteiger partial charge in [-0.3, -0.25) is 4.79 Å². The number of piperidine rings is 1. The standard InChI is InChI=1S/C22H23F3N4O2/c1-11-9-29(18(30)7-26)10-12(2)22(11,31)20-15(23)5-13(6-16(20)24)14-3-4-27-21-19(14)17(25)8-28-21/h3-6,8,11-12,31H,7,9-10,26H2,1-2H3,(H,27,28)/t11-,12+,22-. The number of carbonyl (C=O) groups excluding carboxylic acids is 1. The van der Waals surface area contributed by atoms with E-state index in [1.165, 1.54) is 17.2 Å². The average Bonchev–Trinajstić information content (AvgIpc) is 3.11. The number of amides is 1. The Bertz CT molecular complexity index is 1130. The van der Waals surface area contributed by atoms with Crippen molar-refractivity contribution in [3.8, 4) is 11.1 Å². The molecule has 0 spiro atoms. The topological polar surface area (TPSA) is 95.2 Å². The number of carbonyl (C=O) groups is 1. The molecule has 1 aliphatic rings. The van der Waals surface area contributed by atoms with Crippen LogP contribution in [0.5, 0.6) is 0 Å². The van der Waals surface area contributed by atoms with Crippen LogP contribution in [0.4, 0.5) is 13.2 Å². The number of H-pyrrole nitrogens is 1. The summed E-state index contributed by atoms with van der Waals surface area (Å²) in [5.74, 6) is -4.02. The number of halogens is 3. The molecule has 1 saturated heterocycles. The summed E-state index contributed by atoms with van der Waals surface area (Å²) in [5.41, 5.74) is 3.82. The molecule has 164 valence electrons. The van der Waals surface area contributed by atoms with Gasteiger partial charge in [0.1, 0.15) is 22.9 Å². The van der Waals surface area contributed by atoms with Gasteiger partial charge in [0.15, 0.2) is 5.82 Å². The van der Waals surface area contributed by atoms with Crippen LogP contribution in [0.25, 0.3) is 22.2 Å². The van der Waals surface area contributed by atoms with E-state index in [9.17, 15) is 14.3 Å². The van der Waals surface area contributed by atoms with E-state index in [1.807, 2.05) is 0 Å². The quantitative estimate of drug-likeness (QED) is 0.593. The van der Waals surface area contributed by atoms with Crippen molar-refractivity contribution < 1.29 is 23.1 Å². The number of likely N-dealkylation sites (tertiary alicyclic amines) is 1. The minimum absolute atomic E-state index is 0.122. The van der Waals surface area contributed by atoms with Gasteiger partial charge >= 0.3 is 0 Å². The molecule has 3 heterocycles. The third-order valence-electron chi connectivity index (χ3n) is 6.30. The highest BCUT2D eigenvalue weighted by Gasteiger charge is 2.49. The van der Waals surface area contributed by atoms with Crippen molar-refractivity contribution in [1.29, 1.82) is 0 Å². The molecule has 1 aliphatic heterocycles. The summed E-state index contributed by atoms with van der Waals surface area (Å²) in [5, 5.41) is 11.6. The molecule has 1 aromatic carbocycles. The molecule has 4 rings (SSSR count). The molecular formula is C22H23F3N4O2. The zero-order valence-corrected chi connectivity index (χ0v) is 17.1. The molecule has 0 radical (unpaired) electrons. The van der Waals surface area contributed by atoms with Crippen LogP contribution in [0.2, 0.25) is 0 Å². The van der Waals surface area contributed by atoms with Crippen molar-refractivity contribution in [1.82, 2.24) is 14.9 Å². The molecule has 0 unspecified atom stereocenters. The lowest BCUT2D eigenvalue weighted by Crippen LogP contribution is -2.57. The summed E-state index contributed by atoms with van der Waals surface area (Å²) in [7, 11) is 0. The Hall–Kier alpha value is -2.91. The lowest BCUT2D eigenvalue weighted by molar-refractivity contribution is -0.148. The Labute approximate surface area is 176 Å². The first-order valence-electron chi connectivity index (χ1n) is 10.00. The van der Waals surface area contributed by atoms with Crippen molar-refractivity contribution in [2.24, 2.45) is 17.6 Å². The Morgan fingerprint density at radius 1 is 1.23 bits per heavy atom. The van der Waals surface area contributed by atoms with E-state index >= 15 is 8.78 Å². The Morgan fingerprint density at radius 3 is 2.42 bits per heavy atom. The molecule has 3 atom stereocenters. The van der Waals surface area contributed by atoms with E-state index in [0.717, 1.165) is 18.3 Å². The second-order valence-corrected chi connectivity index (χ2v) is 8.16. The molecule has 0 bridgehead atoms. The summed E-state index contributed by atoms with van der Waals surface area (Å²) in [6.45, 7) is 3.35. The summed E-state index contributed by atoms with van der Waals surface area (Å²) in [6.07, 6.45) is 2.55. The largest absolute Gasteiger partial charge is 0.384 e. The molecule has 6 nitrogen and oxygen atoms in total. The molecule has 1 fully saturated rings. The van der Waals surface area contributed by atoms with Crippen molar-refractivity contribution >= 4 is 16.9 Å². The van der Waals surface area contributed by atoms with Gasteiger partial charge in [0.2, 0.25) is 5.91 Å². The molecule has 2 aromatic heterocycles. The zero-order valence-electron chi connectivity index (χ0n) is 17.1. The molecule has 31 heavy (non-hydrogen) atoms. The van der Waals surface area contributed by atoms with Crippen LogP contribution in [-0.4, -0.2) is 45.5 Å². The number of hydrogen-bond donors (Lipinski definition) is 3. The molecule has 3 aromatic rings. The predicted molar refractivity (Wildman–Crippen MR) is 109 cm³/mol. The number of fused-ring (bicyclic) bond motifs is 1. The third-order valence-corrected chi connectivity index (χ3v) is 6.30. The lowest BCUT2D eigenvalue weighted by Gasteiger charge is -2.48. The summed E-state index contributed by atoms with van der Waals surface area (Å²) in [4.78, 5) is 20.2. The number of aliphatic hydroxyl groups is 1. The van der Waals surface area contributed by atoms with Gasteiger partial charge in [-0.1, -0.05) is 13.8 Å². The van der Waals surface area contributed by atoms with Crippen LogP contribution in [-0.2, 0) is 10.4 Å². The fourth-order valence-corrected chi connectivity index (χ4v) is 4.69. The van der Waals surface area contributed by atoms with Crippen molar-refractivity contribution in [3.05, 3.63) is 53.6 Å². The maximum Gasteiger partial charge on any atom is 0.236 e.